The zero-order valence-corrected chi connectivity index (χ0v) is 18.0. The van der Waals surface area contributed by atoms with Crippen molar-refractivity contribution >= 4 is 39.7 Å². The van der Waals surface area contributed by atoms with Crippen LogP contribution in [0.25, 0.3) is 5.57 Å². The molecule has 1 aliphatic heterocycles. The highest BCUT2D eigenvalue weighted by atomic mass is 35.5. The minimum absolute atomic E-state index is 0.0407. The van der Waals surface area contributed by atoms with E-state index >= 15 is 0 Å². The summed E-state index contributed by atoms with van der Waals surface area (Å²) in [5.41, 5.74) is 2.11. The van der Waals surface area contributed by atoms with Crippen molar-refractivity contribution in [3.8, 4) is 0 Å². The Labute approximate surface area is 178 Å². The SMILES string of the molecule is C[S@](=O)c1cnc(N2CC=C(c3ccc(Cl)cc3)CC2)nc1NC1(CO)CCC1. The molecule has 29 heavy (non-hydrogen) atoms. The topological polar surface area (TPSA) is 78.4 Å². The van der Waals surface area contributed by atoms with E-state index in [-0.39, 0.29) is 12.1 Å². The third-order valence-electron chi connectivity index (χ3n) is 5.76. The van der Waals surface area contributed by atoms with Gasteiger partial charge in [-0.25, -0.2) is 4.98 Å². The molecule has 2 N–H and O–H groups in total. The second-order valence-electron chi connectivity index (χ2n) is 7.69. The van der Waals surface area contributed by atoms with Gasteiger partial charge in [-0.3, -0.25) is 4.21 Å². The van der Waals surface area contributed by atoms with Crippen molar-refractivity contribution < 1.29 is 9.32 Å². The zero-order chi connectivity index (χ0) is 20.4. The van der Waals surface area contributed by atoms with Gasteiger partial charge in [0.05, 0.1) is 34.0 Å². The van der Waals surface area contributed by atoms with Gasteiger partial charge in [0.15, 0.2) is 0 Å². The Kier molecular flexibility index (Phi) is 5.90. The third kappa shape index (κ3) is 4.32. The highest BCUT2D eigenvalue weighted by molar-refractivity contribution is 7.84. The number of rotatable bonds is 6. The molecule has 154 valence electrons. The maximum Gasteiger partial charge on any atom is 0.227 e. The van der Waals surface area contributed by atoms with Gasteiger partial charge >= 0.3 is 0 Å². The average molecular weight is 433 g/mol. The Morgan fingerprint density at radius 3 is 2.62 bits per heavy atom. The van der Waals surface area contributed by atoms with Crippen LogP contribution in [0, 0.1) is 0 Å². The number of nitrogens with one attached hydrogen (secondary N) is 1. The number of nitrogens with zero attached hydrogens (tertiary/aromatic N) is 3. The number of hydrogen-bond acceptors (Lipinski definition) is 6. The van der Waals surface area contributed by atoms with Gasteiger partial charge < -0.3 is 15.3 Å². The van der Waals surface area contributed by atoms with Crippen molar-refractivity contribution in [3.05, 3.63) is 47.1 Å². The molecule has 8 heteroatoms. The van der Waals surface area contributed by atoms with E-state index in [2.05, 4.69) is 21.3 Å². The molecule has 0 amide bonds. The van der Waals surface area contributed by atoms with Gasteiger partial charge in [-0.1, -0.05) is 29.8 Å². The summed E-state index contributed by atoms with van der Waals surface area (Å²) >= 11 is 5.99. The van der Waals surface area contributed by atoms with E-state index in [4.69, 9.17) is 16.6 Å². The van der Waals surface area contributed by atoms with Crippen molar-refractivity contribution in [2.45, 2.75) is 36.1 Å². The fourth-order valence-electron chi connectivity index (χ4n) is 3.77. The molecule has 0 spiro atoms. The lowest BCUT2D eigenvalue weighted by Crippen LogP contribution is -2.48. The Morgan fingerprint density at radius 1 is 1.31 bits per heavy atom. The monoisotopic (exact) mass is 432 g/mol. The van der Waals surface area contributed by atoms with Gasteiger partial charge in [0.2, 0.25) is 5.95 Å². The van der Waals surface area contributed by atoms with Gasteiger partial charge in [0.25, 0.3) is 0 Å². The minimum atomic E-state index is -1.21. The van der Waals surface area contributed by atoms with Crippen LogP contribution in [0.15, 0.2) is 41.4 Å². The molecule has 6 nitrogen and oxygen atoms in total. The molecule has 1 aliphatic carbocycles. The summed E-state index contributed by atoms with van der Waals surface area (Å²) in [6, 6.07) is 7.90. The molecule has 4 rings (SSSR count). The molecule has 0 saturated heterocycles. The maximum atomic E-state index is 12.2. The van der Waals surface area contributed by atoms with E-state index in [0.717, 1.165) is 37.3 Å². The Hall–Kier alpha value is -1.96. The van der Waals surface area contributed by atoms with E-state index in [1.807, 2.05) is 24.3 Å². The molecule has 0 radical (unpaired) electrons. The summed E-state index contributed by atoms with van der Waals surface area (Å²) in [6.45, 7) is 1.55. The van der Waals surface area contributed by atoms with E-state index in [1.54, 1.807) is 12.5 Å². The summed E-state index contributed by atoms with van der Waals surface area (Å²) in [7, 11) is -1.21. The zero-order valence-electron chi connectivity index (χ0n) is 16.4. The fourth-order valence-corrected chi connectivity index (χ4v) is 4.46. The Balaban J connectivity index is 1.55. The van der Waals surface area contributed by atoms with E-state index < -0.39 is 10.8 Å². The molecule has 1 atom stereocenters. The lowest BCUT2D eigenvalue weighted by atomic mass is 9.77. The number of aliphatic hydroxyl groups is 1. The van der Waals surface area contributed by atoms with Gasteiger partial charge in [0, 0.05) is 24.4 Å². The average Bonchev–Trinajstić information content (AvgIpc) is 2.71. The largest absolute Gasteiger partial charge is 0.394 e. The first-order valence-corrected chi connectivity index (χ1v) is 11.7. The highest BCUT2D eigenvalue weighted by Gasteiger charge is 2.37. The molecule has 1 aromatic heterocycles. The number of halogens is 1. The van der Waals surface area contributed by atoms with Gasteiger partial charge in [-0.15, -0.1) is 0 Å². The van der Waals surface area contributed by atoms with Crippen LogP contribution < -0.4 is 10.2 Å². The van der Waals surface area contributed by atoms with Gasteiger partial charge in [0.1, 0.15) is 5.82 Å². The molecular formula is C21H25ClN4O2S. The number of hydrogen-bond donors (Lipinski definition) is 2. The summed E-state index contributed by atoms with van der Waals surface area (Å²) < 4.78 is 12.2. The first kappa shape index (κ1) is 20.3. The first-order valence-electron chi connectivity index (χ1n) is 9.79. The molecule has 1 fully saturated rings. The van der Waals surface area contributed by atoms with Crippen molar-refractivity contribution in [2.75, 3.05) is 36.2 Å². The van der Waals surface area contributed by atoms with Gasteiger partial charge in [-0.2, -0.15) is 4.98 Å². The normalized spacial score (nSPS) is 19.3. The van der Waals surface area contributed by atoms with Crippen LogP contribution in [0.2, 0.25) is 5.02 Å². The number of benzene rings is 1. The van der Waals surface area contributed by atoms with Crippen molar-refractivity contribution in [1.29, 1.82) is 0 Å². The first-order chi connectivity index (χ1) is 14.0. The van der Waals surface area contributed by atoms with Crippen molar-refractivity contribution in [3.63, 3.8) is 0 Å². The van der Waals surface area contributed by atoms with E-state index in [9.17, 15) is 9.32 Å². The van der Waals surface area contributed by atoms with Crippen molar-refractivity contribution in [1.82, 2.24) is 9.97 Å². The molecule has 1 aromatic carbocycles. The van der Waals surface area contributed by atoms with Crippen LogP contribution >= 0.6 is 11.6 Å². The number of aromatic nitrogens is 2. The van der Waals surface area contributed by atoms with E-state index in [0.29, 0.717) is 23.2 Å². The fraction of sp³-hybridized carbons (Fsp3) is 0.429. The minimum Gasteiger partial charge on any atom is -0.394 e. The van der Waals surface area contributed by atoms with Crippen LogP contribution in [-0.2, 0) is 10.8 Å². The van der Waals surface area contributed by atoms with E-state index in [1.165, 1.54) is 11.1 Å². The second-order valence-corrected chi connectivity index (χ2v) is 9.47. The van der Waals surface area contributed by atoms with Crippen LogP contribution in [-0.4, -0.2) is 50.8 Å². The standard InChI is InChI=1S/C21H25ClN4O2S/c1-29(28)18-13-23-20(24-19(18)25-21(14-27)9-2-10-21)26-11-7-16(8-12-26)15-3-5-17(22)6-4-15/h3-7,13,27H,2,8-12,14H2,1H3,(H,23,24,25)/t29-/m0/s1. The van der Waals surface area contributed by atoms with Crippen LogP contribution in [0.5, 0.6) is 0 Å². The van der Waals surface area contributed by atoms with Crippen molar-refractivity contribution in [2.24, 2.45) is 0 Å². The summed E-state index contributed by atoms with van der Waals surface area (Å²) in [5.74, 6) is 1.18. The lowest BCUT2D eigenvalue weighted by Gasteiger charge is -2.41. The van der Waals surface area contributed by atoms with Gasteiger partial charge in [-0.05, 0) is 49.0 Å². The van der Waals surface area contributed by atoms with Crippen LogP contribution in [0.3, 0.4) is 0 Å². The number of aliphatic hydroxyl groups excluding tert-OH is 1. The molecule has 2 aromatic rings. The summed E-state index contributed by atoms with van der Waals surface area (Å²) in [6.07, 6.45) is 9.18. The summed E-state index contributed by atoms with van der Waals surface area (Å²) in [5, 5.41) is 13.9. The molecular weight excluding hydrogens is 408 g/mol. The lowest BCUT2D eigenvalue weighted by molar-refractivity contribution is 0.143. The maximum absolute atomic E-state index is 12.2. The highest BCUT2D eigenvalue weighted by Crippen LogP contribution is 2.36. The quantitative estimate of drug-likeness (QED) is 0.727. The second kappa shape index (κ2) is 8.42. The predicted molar refractivity (Wildman–Crippen MR) is 118 cm³/mol. The third-order valence-corrected chi connectivity index (χ3v) is 6.93. The molecule has 0 bridgehead atoms. The molecule has 2 heterocycles. The van der Waals surface area contributed by atoms with Crippen LogP contribution in [0.1, 0.15) is 31.2 Å². The Bertz CT molecular complexity index is 939. The van der Waals surface area contributed by atoms with Crippen LogP contribution in [0.4, 0.5) is 11.8 Å². The number of anilines is 2. The summed E-state index contributed by atoms with van der Waals surface area (Å²) in [4.78, 5) is 11.8. The smallest absolute Gasteiger partial charge is 0.227 e. The predicted octanol–water partition coefficient (Wildman–Crippen LogP) is 3.49. The molecule has 2 aliphatic rings. The molecule has 0 unspecified atom stereocenters. The Morgan fingerprint density at radius 2 is 2.07 bits per heavy atom. The molecule has 1 saturated carbocycles.